The Morgan fingerprint density at radius 1 is 1.00 bits per heavy atom. The Bertz CT molecular complexity index is 439. The standard InChI is InChI=1S/C10H6Cl6/c11-6-7(12)9(14)5-3-1-2-4(5)8(6,13)10(9,15)16/h1-2,4-5H,3H2/t4-,5+,8-,9-/m0/s1. The Kier molecular flexibility index (Phi) is 2.46. The molecule has 0 spiro atoms. The van der Waals surface area contributed by atoms with E-state index in [1.807, 2.05) is 12.2 Å². The second kappa shape index (κ2) is 3.21. The van der Waals surface area contributed by atoms with Gasteiger partial charge in [0.05, 0.1) is 10.1 Å². The molecule has 0 N–H and O–H groups in total. The molecule has 0 heterocycles. The molecule has 3 aliphatic rings. The molecule has 0 saturated heterocycles. The first-order valence-electron chi connectivity index (χ1n) is 4.78. The maximum Gasteiger partial charge on any atom is 0.167 e. The van der Waals surface area contributed by atoms with E-state index in [2.05, 4.69) is 0 Å². The Hall–Kier alpha value is 1.22. The summed E-state index contributed by atoms with van der Waals surface area (Å²) in [4.78, 5) is -2.18. The Balaban J connectivity index is 2.32. The Labute approximate surface area is 123 Å². The molecule has 0 radical (unpaired) electrons. The van der Waals surface area contributed by atoms with Crippen LogP contribution < -0.4 is 0 Å². The quantitative estimate of drug-likeness (QED) is 0.429. The van der Waals surface area contributed by atoms with Crippen LogP contribution in [0.5, 0.6) is 0 Å². The van der Waals surface area contributed by atoms with Crippen LogP contribution in [-0.4, -0.2) is 14.1 Å². The molecule has 3 rings (SSSR count). The minimum Gasteiger partial charge on any atom is -0.109 e. The van der Waals surface area contributed by atoms with Crippen molar-refractivity contribution < 1.29 is 0 Å². The fraction of sp³-hybridized carbons (Fsp3) is 0.600. The first kappa shape index (κ1) is 12.3. The van der Waals surface area contributed by atoms with Crippen LogP contribution in [0.1, 0.15) is 6.42 Å². The number of hydrogen-bond donors (Lipinski definition) is 0. The van der Waals surface area contributed by atoms with Crippen molar-refractivity contribution in [2.45, 2.75) is 20.5 Å². The summed E-state index contributed by atoms with van der Waals surface area (Å²) in [6, 6.07) is 0. The van der Waals surface area contributed by atoms with Gasteiger partial charge in [-0.25, -0.2) is 0 Å². The van der Waals surface area contributed by atoms with Crippen LogP contribution in [-0.2, 0) is 0 Å². The van der Waals surface area contributed by atoms with Gasteiger partial charge in [0.2, 0.25) is 0 Å². The Morgan fingerprint density at radius 3 is 2.19 bits per heavy atom. The molecule has 3 aliphatic carbocycles. The zero-order valence-corrected chi connectivity index (χ0v) is 12.3. The van der Waals surface area contributed by atoms with Gasteiger partial charge in [-0.1, -0.05) is 58.6 Å². The van der Waals surface area contributed by atoms with Gasteiger partial charge in [-0.05, 0) is 12.3 Å². The molecule has 4 atom stereocenters. The van der Waals surface area contributed by atoms with Gasteiger partial charge in [-0.2, -0.15) is 0 Å². The molecule has 0 unspecified atom stereocenters. The highest BCUT2D eigenvalue weighted by atomic mass is 35.5. The van der Waals surface area contributed by atoms with Crippen molar-refractivity contribution >= 4 is 69.6 Å². The SMILES string of the molecule is ClC1=C(Cl)[C@@]2(Cl)[C@H]3C=CC[C@H]3[C@@]1(Cl)C2(Cl)Cl. The van der Waals surface area contributed by atoms with Gasteiger partial charge < -0.3 is 0 Å². The normalized spacial score (nSPS) is 52.6. The second-order valence-electron chi connectivity index (χ2n) is 4.42. The maximum absolute atomic E-state index is 6.56. The average molecular weight is 339 g/mol. The van der Waals surface area contributed by atoms with E-state index in [0.717, 1.165) is 6.42 Å². The van der Waals surface area contributed by atoms with Crippen LogP contribution >= 0.6 is 69.6 Å². The fourth-order valence-electron chi connectivity index (χ4n) is 3.08. The van der Waals surface area contributed by atoms with Crippen LogP contribution in [0.3, 0.4) is 0 Å². The lowest BCUT2D eigenvalue weighted by Crippen LogP contribution is -2.44. The molecule has 0 aromatic rings. The summed E-state index contributed by atoms with van der Waals surface area (Å²) in [5.74, 6) is -0.0478. The molecular formula is C10H6Cl6. The highest BCUT2D eigenvalue weighted by Crippen LogP contribution is 2.77. The molecule has 1 saturated carbocycles. The molecule has 1 fully saturated rings. The van der Waals surface area contributed by atoms with E-state index >= 15 is 0 Å². The molecule has 6 heteroatoms. The van der Waals surface area contributed by atoms with E-state index in [9.17, 15) is 0 Å². The third-order valence-corrected chi connectivity index (χ3v) is 8.20. The molecular weight excluding hydrogens is 333 g/mol. The smallest absolute Gasteiger partial charge is 0.109 e. The van der Waals surface area contributed by atoms with Gasteiger partial charge in [0.1, 0.15) is 9.75 Å². The van der Waals surface area contributed by atoms with Crippen LogP contribution in [0, 0.1) is 11.8 Å². The van der Waals surface area contributed by atoms with Crippen LogP contribution in [0.15, 0.2) is 22.2 Å². The van der Waals surface area contributed by atoms with Gasteiger partial charge in [-0.3, -0.25) is 0 Å². The van der Waals surface area contributed by atoms with Crippen molar-refractivity contribution in [1.29, 1.82) is 0 Å². The van der Waals surface area contributed by atoms with E-state index in [4.69, 9.17) is 69.6 Å². The summed E-state index contributed by atoms with van der Waals surface area (Å²) >= 11 is 38.2. The van der Waals surface area contributed by atoms with Crippen molar-refractivity contribution in [1.82, 2.24) is 0 Å². The molecule has 0 amide bonds. The van der Waals surface area contributed by atoms with E-state index in [-0.39, 0.29) is 16.9 Å². The monoisotopic (exact) mass is 336 g/mol. The summed E-state index contributed by atoms with van der Waals surface area (Å²) < 4.78 is -1.38. The number of rotatable bonds is 0. The third kappa shape index (κ3) is 0.940. The van der Waals surface area contributed by atoms with E-state index in [0.29, 0.717) is 5.03 Å². The first-order chi connectivity index (χ1) is 7.29. The average Bonchev–Trinajstić information content (AvgIpc) is 2.78. The van der Waals surface area contributed by atoms with E-state index in [1.54, 1.807) is 0 Å². The van der Waals surface area contributed by atoms with Crippen LogP contribution in [0.25, 0.3) is 0 Å². The molecule has 0 nitrogen and oxygen atoms in total. The van der Waals surface area contributed by atoms with Crippen molar-refractivity contribution in [3.05, 3.63) is 22.2 Å². The zero-order valence-electron chi connectivity index (χ0n) is 7.78. The second-order valence-corrected chi connectivity index (χ2v) is 7.70. The summed E-state index contributed by atoms with van der Waals surface area (Å²) in [6.07, 6.45) is 4.77. The van der Waals surface area contributed by atoms with Gasteiger partial charge >= 0.3 is 0 Å². The molecule has 0 aromatic heterocycles. The number of hydrogen-bond acceptors (Lipinski definition) is 0. The molecule has 2 bridgehead atoms. The van der Waals surface area contributed by atoms with Gasteiger partial charge in [0, 0.05) is 5.92 Å². The summed E-state index contributed by atoms with van der Waals surface area (Å²) in [6.45, 7) is 0. The van der Waals surface area contributed by atoms with Crippen LogP contribution in [0.2, 0.25) is 0 Å². The third-order valence-electron chi connectivity index (χ3n) is 3.88. The van der Waals surface area contributed by atoms with E-state index < -0.39 is 14.1 Å². The number of fused-ring (bicyclic) bond motifs is 5. The first-order valence-corrected chi connectivity index (χ1v) is 7.05. The predicted octanol–water partition coefficient (Wildman–Crippen LogP) is 5.02. The molecule has 88 valence electrons. The molecule has 0 aliphatic heterocycles. The predicted molar refractivity (Wildman–Crippen MR) is 71.1 cm³/mol. The lowest BCUT2D eigenvalue weighted by Gasteiger charge is -2.33. The molecule has 0 aromatic carbocycles. The summed E-state index contributed by atoms with van der Waals surface area (Å²) in [5.41, 5.74) is 0. The number of alkyl halides is 4. The molecule has 16 heavy (non-hydrogen) atoms. The lowest BCUT2D eigenvalue weighted by molar-refractivity contribution is 0.416. The largest absolute Gasteiger partial charge is 0.167 e. The van der Waals surface area contributed by atoms with Crippen molar-refractivity contribution in [3.63, 3.8) is 0 Å². The summed E-state index contributed by atoms with van der Waals surface area (Å²) in [7, 11) is 0. The minimum absolute atomic E-state index is 0.0108. The van der Waals surface area contributed by atoms with Gasteiger partial charge in [0.25, 0.3) is 0 Å². The van der Waals surface area contributed by atoms with Crippen molar-refractivity contribution in [2.24, 2.45) is 11.8 Å². The highest BCUT2D eigenvalue weighted by molar-refractivity contribution is 6.65. The summed E-state index contributed by atoms with van der Waals surface area (Å²) in [5, 5.41) is 0.574. The highest BCUT2D eigenvalue weighted by Gasteiger charge is 2.81. The lowest BCUT2D eigenvalue weighted by atomic mass is 9.84. The fourth-order valence-corrected chi connectivity index (χ4v) is 6.12. The van der Waals surface area contributed by atoms with Gasteiger partial charge in [-0.15, -0.1) is 23.2 Å². The minimum atomic E-state index is -1.38. The topological polar surface area (TPSA) is 0 Å². The van der Waals surface area contributed by atoms with Gasteiger partial charge in [0.15, 0.2) is 4.33 Å². The van der Waals surface area contributed by atoms with E-state index in [1.165, 1.54) is 0 Å². The number of halogens is 6. The van der Waals surface area contributed by atoms with Crippen molar-refractivity contribution in [2.75, 3.05) is 0 Å². The zero-order chi connectivity index (χ0) is 11.9. The maximum atomic E-state index is 6.56. The number of allylic oxidation sites excluding steroid dienone is 4. The van der Waals surface area contributed by atoms with Crippen molar-refractivity contribution in [3.8, 4) is 0 Å². The Morgan fingerprint density at radius 2 is 1.56 bits per heavy atom. The van der Waals surface area contributed by atoms with Crippen LogP contribution in [0.4, 0.5) is 0 Å².